The lowest BCUT2D eigenvalue weighted by Crippen LogP contribution is -2.72. The fourth-order valence-electron chi connectivity index (χ4n) is 11.8. The van der Waals surface area contributed by atoms with E-state index in [9.17, 15) is 30.3 Å². The number of allylic oxidation sites excluding steroid dienone is 1. The number of aliphatic hydroxyl groups excluding tert-OH is 4. The van der Waals surface area contributed by atoms with E-state index in [1.807, 2.05) is 6.92 Å². The van der Waals surface area contributed by atoms with Crippen molar-refractivity contribution in [3.63, 3.8) is 0 Å². The van der Waals surface area contributed by atoms with Crippen LogP contribution in [0.25, 0.3) is 0 Å². The van der Waals surface area contributed by atoms with Crippen molar-refractivity contribution in [2.24, 2.45) is 56.7 Å². The van der Waals surface area contributed by atoms with Crippen LogP contribution in [0.15, 0.2) is 12.2 Å². The van der Waals surface area contributed by atoms with E-state index in [-0.39, 0.29) is 47.0 Å². The fourth-order valence-corrected chi connectivity index (χ4v) is 11.8. The Kier molecular flexibility index (Phi) is 5.95. The van der Waals surface area contributed by atoms with E-state index in [2.05, 4.69) is 34.3 Å². The Morgan fingerprint density at radius 1 is 0.917 bits per heavy atom. The Morgan fingerprint density at radius 3 is 2.17 bits per heavy atom. The molecule has 13 atom stereocenters. The SMILES string of the molecule is C=C(C)C1CCC2(C(=O)O)CCC3(C)C(CCC4C5(C)CC(O)C(O)C(C)(CO)C5C(O)CC43C)C12. The Morgan fingerprint density at radius 2 is 1.58 bits per heavy atom. The summed E-state index contributed by atoms with van der Waals surface area (Å²) in [5.41, 5.74) is -1.40. The van der Waals surface area contributed by atoms with Gasteiger partial charge in [-0.25, -0.2) is 0 Å². The summed E-state index contributed by atoms with van der Waals surface area (Å²) in [4.78, 5) is 12.8. The second-order valence-corrected chi connectivity index (χ2v) is 14.7. The molecular weight excluding hydrogens is 456 g/mol. The highest BCUT2D eigenvalue weighted by molar-refractivity contribution is 5.76. The predicted molar refractivity (Wildman–Crippen MR) is 137 cm³/mol. The molecule has 0 aromatic rings. The molecule has 5 aliphatic carbocycles. The standard InChI is InChI=1S/C30H48O6/c1-16(2)17-9-10-30(25(35)36)12-11-28(5)18(22(17)30)7-8-21-26(3)13-20(33)24(34)27(4,15-31)23(26)19(32)14-29(21,28)6/h17-24,31-34H,1,7-15H2,2-6H3,(H,35,36). The van der Waals surface area contributed by atoms with Crippen LogP contribution >= 0.6 is 0 Å². The van der Waals surface area contributed by atoms with E-state index < -0.39 is 40.5 Å². The first kappa shape index (κ1) is 26.6. The van der Waals surface area contributed by atoms with Crippen LogP contribution in [0.4, 0.5) is 0 Å². The summed E-state index contributed by atoms with van der Waals surface area (Å²) >= 11 is 0. The number of aliphatic hydroxyl groups is 4. The minimum Gasteiger partial charge on any atom is -0.481 e. The molecule has 36 heavy (non-hydrogen) atoms. The third-order valence-corrected chi connectivity index (χ3v) is 13.5. The second-order valence-electron chi connectivity index (χ2n) is 14.7. The summed E-state index contributed by atoms with van der Waals surface area (Å²) in [5.74, 6) is -0.245. The molecule has 6 nitrogen and oxygen atoms in total. The topological polar surface area (TPSA) is 118 Å². The number of aliphatic carboxylic acids is 1. The summed E-state index contributed by atoms with van der Waals surface area (Å²) in [7, 11) is 0. The summed E-state index contributed by atoms with van der Waals surface area (Å²) in [6.45, 7) is 14.7. The number of hydrogen-bond acceptors (Lipinski definition) is 5. The first-order valence-electron chi connectivity index (χ1n) is 14.2. The van der Waals surface area contributed by atoms with Crippen molar-refractivity contribution in [1.29, 1.82) is 0 Å². The van der Waals surface area contributed by atoms with Crippen LogP contribution in [0, 0.1) is 56.7 Å². The molecule has 5 saturated carbocycles. The Hall–Kier alpha value is -0.950. The van der Waals surface area contributed by atoms with Crippen LogP contribution in [0.1, 0.15) is 86.0 Å². The number of carboxylic acids is 1. The van der Waals surface area contributed by atoms with Gasteiger partial charge in [-0.3, -0.25) is 4.79 Å². The van der Waals surface area contributed by atoms with Crippen LogP contribution in [0.2, 0.25) is 0 Å². The van der Waals surface area contributed by atoms with Crippen molar-refractivity contribution in [1.82, 2.24) is 0 Å². The van der Waals surface area contributed by atoms with Crippen LogP contribution in [0.5, 0.6) is 0 Å². The number of carboxylic acid groups (broad SMARTS) is 1. The average Bonchev–Trinajstić information content (AvgIpc) is 3.19. The van der Waals surface area contributed by atoms with E-state index in [1.165, 1.54) is 0 Å². The van der Waals surface area contributed by atoms with Gasteiger partial charge in [0.15, 0.2) is 0 Å². The number of carbonyl (C=O) groups is 1. The molecule has 5 rings (SSSR count). The summed E-state index contributed by atoms with van der Waals surface area (Å²) < 4.78 is 0. The lowest BCUT2D eigenvalue weighted by molar-refractivity contribution is -0.296. The normalized spacial score (nSPS) is 58.2. The van der Waals surface area contributed by atoms with E-state index in [0.29, 0.717) is 19.3 Å². The van der Waals surface area contributed by atoms with Gasteiger partial charge >= 0.3 is 5.97 Å². The van der Waals surface area contributed by atoms with E-state index in [1.54, 1.807) is 0 Å². The molecule has 6 heteroatoms. The zero-order valence-electron chi connectivity index (χ0n) is 22.8. The highest BCUT2D eigenvalue weighted by atomic mass is 16.4. The van der Waals surface area contributed by atoms with Crippen molar-refractivity contribution in [3.05, 3.63) is 12.2 Å². The van der Waals surface area contributed by atoms with Gasteiger partial charge in [0.25, 0.3) is 0 Å². The van der Waals surface area contributed by atoms with E-state index >= 15 is 0 Å². The predicted octanol–water partition coefficient (Wildman–Crippen LogP) is 4.00. The molecule has 0 aromatic heterocycles. The van der Waals surface area contributed by atoms with Gasteiger partial charge in [0.05, 0.1) is 30.3 Å². The van der Waals surface area contributed by atoms with Gasteiger partial charge in [0.2, 0.25) is 0 Å². The van der Waals surface area contributed by atoms with Gasteiger partial charge < -0.3 is 25.5 Å². The first-order chi connectivity index (χ1) is 16.6. The summed E-state index contributed by atoms with van der Waals surface area (Å²) in [6.07, 6.45) is 3.20. The summed E-state index contributed by atoms with van der Waals surface area (Å²) in [6, 6.07) is 0. The van der Waals surface area contributed by atoms with Crippen molar-refractivity contribution < 1.29 is 30.3 Å². The number of fused-ring (bicyclic) bond motifs is 7. The smallest absolute Gasteiger partial charge is 0.309 e. The van der Waals surface area contributed by atoms with Crippen LogP contribution < -0.4 is 0 Å². The monoisotopic (exact) mass is 504 g/mol. The Bertz CT molecular complexity index is 950. The van der Waals surface area contributed by atoms with Crippen molar-refractivity contribution in [3.8, 4) is 0 Å². The molecule has 204 valence electrons. The molecule has 13 unspecified atom stereocenters. The molecule has 0 saturated heterocycles. The van der Waals surface area contributed by atoms with Crippen LogP contribution in [0.3, 0.4) is 0 Å². The largest absolute Gasteiger partial charge is 0.481 e. The first-order valence-corrected chi connectivity index (χ1v) is 14.2. The molecule has 5 aliphatic rings. The van der Waals surface area contributed by atoms with Gasteiger partial charge in [-0.05, 0) is 98.2 Å². The molecule has 0 aromatic carbocycles. The number of rotatable bonds is 3. The molecule has 5 fully saturated rings. The molecule has 0 aliphatic heterocycles. The lowest BCUT2D eigenvalue weighted by Gasteiger charge is -2.73. The van der Waals surface area contributed by atoms with E-state index in [0.717, 1.165) is 37.7 Å². The van der Waals surface area contributed by atoms with Gasteiger partial charge in [-0.15, -0.1) is 0 Å². The summed E-state index contributed by atoms with van der Waals surface area (Å²) in [5, 5.41) is 54.7. The molecule has 0 spiro atoms. The lowest BCUT2D eigenvalue weighted by atomic mass is 9.31. The van der Waals surface area contributed by atoms with Gasteiger partial charge in [0.1, 0.15) is 0 Å². The molecular formula is C30H48O6. The van der Waals surface area contributed by atoms with Crippen LogP contribution in [-0.4, -0.2) is 56.4 Å². The molecule has 0 amide bonds. The number of hydrogen-bond donors (Lipinski definition) is 5. The van der Waals surface area contributed by atoms with Gasteiger partial charge in [-0.1, -0.05) is 39.8 Å². The maximum atomic E-state index is 12.8. The second kappa shape index (κ2) is 8.03. The minimum absolute atomic E-state index is 0.0631. The Labute approximate surface area is 216 Å². The Balaban J connectivity index is 1.61. The third-order valence-electron chi connectivity index (χ3n) is 13.5. The van der Waals surface area contributed by atoms with Crippen molar-refractivity contribution in [2.45, 2.75) is 104 Å². The fraction of sp³-hybridized carbons (Fsp3) is 0.900. The maximum Gasteiger partial charge on any atom is 0.309 e. The maximum absolute atomic E-state index is 12.8. The molecule has 0 heterocycles. The molecule has 0 radical (unpaired) electrons. The average molecular weight is 505 g/mol. The third kappa shape index (κ3) is 2.96. The zero-order chi connectivity index (χ0) is 26.6. The van der Waals surface area contributed by atoms with E-state index in [4.69, 9.17) is 0 Å². The highest BCUT2D eigenvalue weighted by Gasteiger charge is 2.74. The van der Waals surface area contributed by atoms with Gasteiger partial charge in [-0.2, -0.15) is 0 Å². The molecule has 0 bridgehead atoms. The highest BCUT2D eigenvalue weighted by Crippen LogP contribution is 2.77. The van der Waals surface area contributed by atoms with Crippen molar-refractivity contribution in [2.75, 3.05) is 6.61 Å². The quantitative estimate of drug-likeness (QED) is 0.371. The van der Waals surface area contributed by atoms with Crippen molar-refractivity contribution >= 4 is 5.97 Å². The van der Waals surface area contributed by atoms with Crippen LogP contribution in [-0.2, 0) is 4.79 Å². The minimum atomic E-state index is -1.08. The molecule has 5 N–H and O–H groups in total. The van der Waals surface area contributed by atoms with Gasteiger partial charge in [0, 0.05) is 11.3 Å². The zero-order valence-corrected chi connectivity index (χ0v) is 22.8.